The number of fused-ring (bicyclic) bond motifs is 1. The molecule has 1 aliphatic heterocycles. The van der Waals surface area contributed by atoms with Crippen molar-refractivity contribution in [2.24, 2.45) is 0 Å². The van der Waals surface area contributed by atoms with E-state index in [0.717, 1.165) is 0 Å². The van der Waals surface area contributed by atoms with Crippen LogP contribution in [0.2, 0.25) is 0 Å². The maximum absolute atomic E-state index is 11.9. The van der Waals surface area contributed by atoms with Crippen LogP contribution in [0, 0.1) is 0 Å². The third kappa shape index (κ3) is 2.38. The molecule has 1 unspecified atom stereocenters. The maximum Gasteiger partial charge on any atom is 0.305 e. The molecule has 1 aliphatic rings. The molecule has 0 fully saturated rings. The molecule has 1 aromatic carbocycles. The van der Waals surface area contributed by atoms with Crippen molar-refractivity contribution in [1.29, 1.82) is 0 Å². The number of rotatable bonds is 3. The van der Waals surface area contributed by atoms with Gasteiger partial charge in [-0.05, 0) is 18.2 Å². The van der Waals surface area contributed by atoms with Gasteiger partial charge in [0.25, 0.3) is 0 Å². The Morgan fingerprint density at radius 1 is 1.59 bits per heavy atom. The van der Waals surface area contributed by atoms with Gasteiger partial charge in [-0.3, -0.25) is 9.59 Å². The first-order valence-corrected chi connectivity index (χ1v) is 5.29. The fourth-order valence-electron chi connectivity index (χ4n) is 1.95. The molecule has 0 aliphatic carbocycles. The third-order valence-corrected chi connectivity index (χ3v) is 2.74. The lowest BCUT2D eigenvalue weighted by Gasteiger charge is -2.25. The topological polar surface area (TPSA) is 75.6 Å². The van der Waals surface area contributed by atoms with E-state index in [1.165, 1.54) is 7.11 Å². The number of ketones is 1. The van der Waals surface area contributed by atoms with E-state index in [4.69, 9.17) is 9.84 Å². The zero-order valence-electron chi connectivity index (χ0n) is 9.40. The number of nitrogens with one attached hydrogen (secondary N) is 1. The van der Waals surface area contributed by atoms with Gasteiger partial charge in [-0.25, -0.2) is 0 Å². The Labute approximate surface area is 98.4 Å². The van der Waals surface area contributed by atoms with Crippen molar-refractivity contribution >= 4 is 17.4 Å². The van der Waals surface area contributed by atoms with Gasteiger partial charge >= 0.3 is 5.97 Å². The van der Waals surface area contributed by atoms with Crippen LogP contribution >= 0.6 is 0 Å². The number of carbonyl (C=O) groups excluding carboxylic acids is 1. The average Bonchev–Trinajstić information content (AvgIpc) is 2.28. The predicted octanol–water partition coefficient (Wildman–Crippen LogP) is 1.54. The number of methoxy groups -OCH3 is 1. The second-order valence-electron chi connectivity index (χ2n) is 3.98. The summed E-state index contributed by atoms with van der Waals surface area (Å²) in [5.41, 5.74) is 1.24. The number of aliphatic carboxylic acids is 1. The molecule has 0 bridgehead atoms. The molecule has 2 rings (SSSR count). The number of carboxylic acids is 1. The highest BCUT2D eigenvalue weighted by atomic mass is 16.5. The van der Waals surface area contributed by atoms with Gasteiger partial charge in [0.15, 0.2) is 5.78 Å². The fourth-order valence-corrected chi connectivity index (χ4v) is 1.95. The number of carboxylic acid groups (broad SMARTS) is 1. The first kappa shape index (κ1) is 11.4. The molecule has 0 spiro atoms. The molecule has 0 saturated carbocycles. The molecule has 17 heavy (non-hydrogen) atoms. The van der Waals surface area contributed by atoms with Gasteiger partial charge in [0.2, 0.25) is 0 Å². The Bertz CT molecular complexity index is 470. The molecule has 0 saturated heterocycles. The summed E-state index contributed by atoms with van der Waals surface area (Å²) in [5.74, 6) is -0.341. The molecular weight excluding hydrogens is 222 g/mol. The quantitative estimate of drug-likeness (QED) is 0.831. The lowest BCUT2D eigenvalue weighted by Crippen LogP contribution is -2.31. The molecule has 1 aromatic rings. The van der Waals surface area contributed by atoms with Crippen LogP contribution in [0.1, 0.15) is 23.2 Å². The van der Waals surface area contributed by atoms with Crippen molar-refractivity contribution in [2.75, 3.05) is 12.4 Å². The van der Waals surface area contributed by atoms with Crippen LogP contribution in [0.25, 0.3) is 0 Å². The standard InChI is InChI=1S/C12H13NO4/c1-17-8-2-3-10-9(6-8)11(14)4-7(13-10)5-12(15)16/h2-3,6-7,13H,4-5H2,1H3,(H,15,16). The highest BCUT2D eigenvalue weighted by Gasteiger charge is 2.26. The lowest BCUT2D eigenvalue weighted by molar-refractivity contribution is -0.137. The summed E-state index contributed by atoms with van der Waals surface area (Å²) < 4.78 is 5.05. The fraction of sp³-hybridized carbons (Fsp3) is 0.333. The summed E-state index contributed by atoms with van der Waals surface area (Å²) in [5, 5.41) is 11.8. The Kier molecular flexibility index (Phi) is 2.99. The van der Waals surface area contributed by atoms with Crippen LogP contribution in [-0.2, 0) is 4.79 Å². The van der Waals surface area contributed by atoms with Crippen molar-refractivity contribution in [3.8, 4) is 5.75 Å². The van der Waals surface area contributed by atoms with E-state index >= 15 is 0 Å². The van der Waals surface area contributed by atoms with Gasteiger partial charge in [-0.1, -0.05) is 0 Å². The number of hydrogen-bond donors (Lipinski definition) is 2. The smallest absolute Gasteiger partial charge is 0.305 e. The molecule has 2 N–H and O–H groups in total. The maximum atomic E-state index is 11.9. The van der Waals surface area contributed by atoms with Crippen molar-refractivity contribution in [2.45, 2.75) is 18.9 Å². The minimum atomic E-state index is -0.910. The summed E-state index contributed by atoms with van der Waals surface area (Å²) >= 11 is 0. The summed E-state index contributed by atoms with van der Waals surface area (Å²) in [6.07, 6.45) is 0.143. The Morgan fingerprint density at radius 3 is 3.00 bits per heavy atom. The van der Waals surface area contributed by atoms with Crippen LogP contribution in [0.5, 0.6) is 5.75 Å². The van der Waals surface area contributed by atoms with Gasteiger partial charge in [0.1, 0.15) is 5.75 Å². The van der Waals surface area contributed by atoms with Crippen molar-refractivity contribution in [1.82, 2.24) is 0 Å². The van der Waals surface area contributed by atoms with Gasteiger partial charge < -0.3 is 15.2 Å². The number of Topliss-reactive ketones (excluding diaryl/α,β-unsaturated/α-hetero) is 1. The minimum absolute atomic E-state index is 0.0519. The van der Waals surface area contributed by atoms with E-state index in [9.17, 15) is 9.59 Å². The van der Waals surface area contributed by atoms with Crippen molar-refractivity contribution in [3.05, 3.63) is 23.8 Å². The van der Waals surface area contributed by atoms with Crippen LogP contribution < -0.4 is 10.1 Å². The van der Waals surface area contributed by atoms with Crippen LogP contribution in [0.15, 0.2) is 18.2 Å². The molecule has 1 heterocycles. The molecule has 0 aromatic heterocycles. The summed E-state index contributed by atoms with van der Waals surface area (Å²) in [6, 6.07) is 4.81. The lowest BCUT2D eigenvalue weighted by atomic mass is 9.95. The molecule has 5 heteroatoms. The number of anilines is 1. The first-order valence-electron chi connectivity index (χ1n) is 5.29. The first-order chi connectivity index (χ1) is 8.10. The summed E-state index contributed by atoms with van der Waals surface area (Å²) in [7, 11) is 1.54. The zero-order valence-corrected chi connectivity index (χ0v) is 9.40. The Hall–Kier alpha value is -2.04. The third-order valence-electron chi connectivity index (χ3n) is 2.74. The van der Waals surface area contributed by atoms with E-state index in [0.29, 0.717) is 17.0 Å². The van der Waals surface area contributed by atoms with Gasteiger partial charge in [-0.2, -0.15) is 0 Å². The van der Waals surface area contributed by atoms with Gasteiger partial charge in [-0.15, -0.1) is 0 Å². The number of carbonyl (C=O) groups is 2. The van der Waals surface area contributed by atoms with E-state index in [1.807, 2.05) is 0 Å². The molecule has 0 amide bonds. The normalized spacial score (nSPS) is 18.2. The highest BCUT2D eigenvalue weighted by molar-refractivity contribution is 6.04. The molecule has 5 nitrogen and oxygen atoms in total. The van der Waals surface area contributed by atoms with Gasteiger partial charge in [0, 0.05) is 23.7 Å². The highest BCUT2D eigenvalue weighted by Crippen LogP contribution is 2.29. The summed E-state index contributed by atoms with van der Waals surface area (Å²) in [6.45, 7) is 0. The Balaban J connectivity index is 2.25. The van der Waals surface area contributed by atoms with Crippen LogP contribution in [0.3, 0.4) is 0 Å². The van der Waals surface area contributed by atoms with E-state index in [-0.39, 0.29) is 24.7 Å². The van der Waals surface area contributed by atoms with Crippen LogP contribution in [-0.4, -0.2) is 30.0 Å². The number of hydrogen-bond acceptors (Lipinski definition) is 4. The second kappa shape index (κ2) is 4.45. The molecular formula is C12H13NO4. The largest absolute Gasteiger partial charge is 0.497 e. The number of benzene rings is 1. The van der Waals surface area contributed by atoms with Crippen LogP contribution in [0.4, 0.5) is 5.69 Å². The Morgan fingerprint density at radius 2 is 2.35 bits per heavy atom. The van der Waals surface area contributed by atoms with Gasteiger partial charge in [0.05, 0.1) is 13.5 Å². The molecule has 90 valence electrons. The molecule has 0 radical (unpaired) electrons. The predicted molar refractivity (Wildman–Crippen MR) is 61.6 cm³/mol. The monoisotopic (exact) mass is 235 g/mol. The van der Waals surface area contributed by atoms with E-state index < -0.39 is 5.97 Å². The van der Waals surface area contributed by atoms with E-state index in [2.05, 4.69) is 5.32 Å². The van der Waals surface area contributed by atoms with E-state index in [1.54, 1.807) is 18.2 Å². The SMILES string of the molecule is COc1ccc2c(c1)C(=O)CC(CC(=O)O)N2. The zero-order chi connectivity index (χ0) is 12.4. The summed E-state index contributed by atoms with van der Waals surface area (Å²) in [4.78, 5) is 22.5. The number of ether oxygens (including phenoxy) is 1. The average molecular weight is 235 g/mol. The van der Waals surface area contributed by atoms with Crippen molar-refractivity contribution in [3.63, 3.8) is 0 Å². The molecule has 1 atom stereocenters. The minimum Gasteiger partial charge on any atom is -0.497 e. The van der Waals surface area contributed by atoms with Crippen molar-refractivity contribution < 1.29 is 19.4 Å². The second-order valence-corrected chi connectivity index (χ2v) is 3.98.